The SMILES string of the molecule is C.Cc1ccc(-c2nc3c(c(=O)n(C)c(=O)n3C)n2C)cc1O.Cc1ccc(-c2nc3c(c(=O)n(C)c(=O)n3C)n2Cc2ccc(O)c(O)c2)cc1O.Cc1ccc(Cn2cnc3c2c(=O)n(C)c(=O)n3Cc2ccc(O)c(O)c2)cc1O.Cc1ccc(Cn2cnc3c2c(=O)n(Cc2ccc(O)c(O)c2)c(=O)n3C)cc1O.Cn1cnc2c1c(=O)n(Cc1ccc(O)c(O)c1)c(=O)n2Cc1ccc(O)c(O)c1. The van der Waals surface area contributed by atoms with E-state index >= 15 is 0 Å². The number of phenols is 14. The van der Waals surface area contributed by atoms with Gasteiger partial charge in [0.25, 0.3) is 27.8 Å². The number of imidazole rings is 5. The Labute approximate surface area is 805 Å². The molecule has 0 atom stereocenters. The number of aromatic hydroxyl groups is 14. The topological polar surface area (TPSA) is 592 Å². The zero-order chi connectivity index (χ0) is 103. The van der Waals surface area contributed by atoms with Crippen molar-refractivity contribution in [2.75, 3.05) is 0 Å². The molecule has 143 heavy (non-hydrogen) atoms. The highest BCUT2D eigenvalue weighted by Gasteiger charge is 2.27. The van der Waals surface area contributed by atoms with Gasteiger partial charge in [-0.25, -0.2) is 48.9 Å². The van der Waals surface area contributed by atoms with E-state index in [0.29, 0.717) is 67.3 Å². The lowest BCUT2D eigenvalue weighted by atomic mass is 10.1. The van der Waals surface area contributed by atoms with Crippen LogP contribution in [0.5, 0.6) is 80.5 Å². The van der Waals surface area contributed by atoms with Crippen LogP contribution in [0.1, 0.15) is 68.6 Å². The van der Waals surface area contributed by atoms with Gasteiger partial charge in [-0.1, -0.05) is 86.3 Å². The Balaban J connectivity index is 0.000000142. The number of hydrogen-bond donors (Lipinski definition) is 14. The van der Waals surface area contributed by atoms with E-state index in [9.17, 15) is 119 Å². The molecule has 10 heterocycles. The Bertz CT molecular complexity index is 8980. The van der Waals surface area contributed by atoms with Crippen molar-refractivity contribution in [3.8, 4) is 103 Å². The van der Waals surface area contributed by atoms with Crippen molar-refractivity contribution in [3.05, 3.63) is 348 Å². The van der Waals surface area contributed by atoms with Crippen LogP contribution in [-0.2, 0) is 102 Å². The highest BCUT2D eigenvalue weighted by molar-refractivity contribution is 5.80. The second-order valence-electron chi connectivity index (χ2n) is 34.0. The molecule has 0 spiro atoms. The molecule has 0 radical (unpaired) electrons. The second kappa shape index (κ2) is 39.6. The zero-order valence-electron chi connectivity index (χ0n) is 78.1. The van der Waals surface area contributed by atoms with Crippen molar-refractivity contribution >= 4 is 55.8 Å². The first-order valence-electron chi connectivity index (χ1n) is 43.2. The number of benzene rings is 9. The molecule has 738 valence electrons. The first kappa shape index (κ1) is 99.9. The average molecular weight is 1950 g/mol. The van der Waals surface area contributed by atoms with E-state index < -0.39 is 56.2 Å². The Morgan fingerprint density at radius 3 is 0.916 bits per heavy atom. The molecule has 0 aliphatic rings. The molecule has 19 rings (SSSR count). The van der Waals surface area contributed by atoms with Gasteiger partial charge in [0, 0.05) is 80.6 Å². The zero-order valence-corrected chi connectivity index (χ0v) is 78.1. The van der Waals surface area contributed by atoms with Gasteiger partial charge in [-0.2, -0.15) is 0 Å². The lowest BCUT2D eigenvalue weighted by Crippen LogP contribution is -2.41. The lowest BCUT2D eigenvalue weighted by Gasteiger charge is -2.13. The molecule has 0 unspecified atom stereocenters. The summed E-state index contributed by atoms with van der Waals surface area (Å²) in [5, 5.41) is 136. The second-order valence-corrected chi connectivity index (χ2v) is 34.0. The van der Waals surface area contributed by atoms with Gasteiger partial charge < -0.3 is 94.3 Å². The molecule has 0 aliphatic carbocycles. The monoisotopic (exact) mass is 1950 g/mol. The summed E-state index contributed by atoms with van der Waals surface area (Å²) in [6, 6.07) is 41.7. The minimum Gasteiger partial charge on any atom is -0.508 e. The highest BCUT2D eigenvalue weighted by atomic mass is 16.3. The molecule has 0 fully saturated rings. The Kier molecular flexibility index (Phi) is 27.6. The predicted molar refractivity (Wildman–Crippen MR) is 528 cm³/mol. The number of rotatable bonds is 16. The van der Waals surface area contributed by atoms with Crippen LogP contribution in [0.4, 0.5) is 0 Å². The molecule has 0 aliphatic heterocycles. The molecule has 0 amide bonds. The number of aromatic nitrogens is 20. The molecule has 14 N–H and O–H groups in total. The van der Waals surface area contributed by atoms with Gasteiger partial charge in [-0.15, -0.1) is 0 Å². The molecule has 0 bridgehead atoms. The van der Waals surface area contributed by atoms with Crippen LogP contribution in [0.25, 0.3) is 78.6 Å². The molecule has 44 nitrogen and oxygen atoms in total. The summed E-state index contributed by atoms with van der Waals surface area (Å²) >= 11 is 0. The van der Waals surface area contributed by atoms with Crippen LogP contribution in [0.3, 0.4) is 0 Å². The summed E-state index contributed by atoms with van der Waals surface area (Å²) in [7, 11) is 12.2. The quantitative estimate of drug-likeness (QED) is 0.0458. The van der Waals surface area contributed by atoms with Gasteiger partial charge in [0.2, 0.25) is 0 Å². The summed E-state index contributed by atoms with van der Waals surface area (Å²) in [6.45, 7) is 7.72. The predicted octanol–water partition coefficient (Wildman–Crippen LogP) is 6.51. The standard InChI is InChI=1S/3C21H20N4O5.C20H18N4O6.C15H16N4O3.CH4/c1-11-4-6-13(9-15(11)27)18-22-19-17(20(29)24(3)21(30)23(19)2)25(18)10-12-5-7-14(26)16(28)8-12;1-12-3-4-13(7-16(12)27)9-24-11-22-19-18(24)20(29)23(2)21(30)25(19)10-14-5-6-15(26)17(28)8-14;1-12-3-4-13(7-16(12)27)9-24-11-22-19-18(24)20(29)25(21(30)23(19)2)10-14-5-6-15(26)17(28)8-14;1-22-10-21-18-17(22)19(29)24(9-12-3-5-14(26)16(28)7-12)20(30)23(18)8-11-2-4-13(25)15(27)6-11;1-8-5-6-9(7-10(8)20)12-16-13-11(17(12)2)14(21)19(4)15(22)18(13)3;/h4-9,26-28H,10H2,1-3H3;2*3-8,11,26-28H,9-10H2,1-2H3;2-7,10,25-28H,8-9H2,1H3;5-7,20H,1-4H3;1H4. The Morgan fingerprint density at radius 1 is 0.224 bits per heavy atom. The summed E-state index contributed by atoms with van der Waals surface area (Å²) in [4.78, 5) is 149. The lowest BCUT2D eigenvalue weighted by molar-refractivity contribution is 0.402. The molecule has 19 aromatic rings. The van der Waals surface area contributed by atoms with Gasteiger partial charge in [-0.3, -0.25) is 69.6 Å². The Hall–Kier alpha value is -19.1. The number of nitrogens with zero attached hydrogens (tertiary/aromatic N) is 20. The van der Waals surface area contributed by atoms with Gasteiger partial charge in [0.1, 0.15) is 34.6 Å². The summed E-state index contributed by atoms with van der Waals surface area (Å²) in [5.74, 6) is -1.54. The molecule has 0 saturated carbocycles. The third-order valence-corrected chi connectivity index (χ3v) is 24.2. The molecule has 9 aromatic carbocycles. The van der Waals surface area contributed by atoms with Crippen LogP contribution in [0.2, 0.25) is 0 Å². The summed E-state index contributed by atoms with van der Waals surface area (Å²) in [5.41, 5.74) is 5.72. The number of fused-ring (bicyclic) bond motifs is 5. The van der Waals surface area contributed by atoms with E-state index in [1.54, 1.807) is 140 Å². The third-order valence-electron chi connectivity index (χ3n) is 24.2. The third kappa shape index (κ3) is 19.3. The van der Waals surface area contributed by atoms with Crippen LogP contribution >= 0.6 is 0 Å². The van der Waals surface area contributed by atoms with Crippen molar-refractivity contribution in [3.63, 3.8) is 0 Å². The van der Waals surface area contributed by atoms with E-state index in [1.807, 2.05) is 18.2 Å². The van der Waals surface area contributed by atoms with Crippen molar-refractivity contribution in [2.45, 2.75) is 80.9 Å². The van der Waals surface area contributed by atoms with Crippen molar-refractivity contribution in [1.82, 2.24) is 93.4 Å². The fraction of sp³-hybridized carbons (Fsp3) is 0.202. The Morgan fingerprint density at radius 2 is 0.503 bits per heavy atom. The van der Waals surface area contributed by atoms with Gasteiger partial charge >= 0.3 is 28.4 Å². The van der Waals surface area contributed by atoms with Gasteiger partial charge in [0.05, 0.1) is 51.7 Å². The van der Waals surface area contributed by atoms with E-state index in [2.05, 4.69) is 24.9 Å². The largest absolute Gasteiger partial charge is 0.508 e. The molecule has 0 saturated heterocycles. The number of phenolic OH excluding ortho intramolecular Hbond substituents is 14. The fourth-order valence-electron chi connectivity index (χ4n) is 16.0. The van der Waals surface area contributed by atoms with E-state index in [4.69, 9.17) is 0 Å². The average Bonchev–Trinajstić information content (AvgIpc) is 1.75. The van der Waals surface area contributed by atoms with Crippen molar-refractivity contribution in [1.29, 1.82) is 0 Å². The highest BCUT2D eigenvalue weighted by Crippen LogP contribution is 2.35. The molecular formula is C99H98N20O24. The fourth-order valence-corrected chi connectivity index (χ4v) is 16.0. The van der Waals surface area contributed by atoms with Crippen molar-refractivity contribution in [2.24, 2.45) is 56.4 Å². The van der Waals surface area contributed by atoms with Crippen LogP contribution in [0.15, 0.2) is 231 Å². The van der Waals surface area contributed by atoms with Gasteiger partial charge in [-0.05, 0) is 174 Å². The minimum atomic E-state index is -0.633. The van der Waals surface area contributed by atoms with Crippen molar-refractivity contribution < 1.29 is 71.5 Å². The van der Waals surface area contributed by atoms with Crippen LogP contribution in [-0.4, -0.2) is 165 Å². The van der Waals surface area contributed by atoms with Crippen LogP contribution in [0, 0.1) is 27.7 Å². The van der Waals surface area contributed by atoms with E-state index in [0.717, 1.165) is 50.7 Å². The van der Waals surface area contributed by atoms with Gasteiger partial charge in [0.15, 0.2) is 113 Å². The molecule has 10 aromatic heterocycles. The summed E-state index contributed by atoms with van der Waals surface area (Å²) in [6.07, 6.45) is 4.39. The first-order valence-corrected chi connectivity index (χ1v) is 43.2. The maximum absolute atomic E-state index is 13.2. The molecular weight excluding hydrogens is 1850 g/mol. The van der Waals surface area contributed by atoms with E-state index in [1.165, 1.54) is 154 Å². The van der Waals surface area contributed by atoms with Crippen LogP contribution < -0.4 is 56.2 Å². The number of aryl methyl sites for hydroxylation is 9. The first-order chi connectivity index (χ1) is 67.3. The molecule has 44 heteroatoms. The maximum Gasteiger partial charge on any atom is 0.333 e. The summed E-state index contributed by atoms with van der Waals surface area (Å²) < 4.78 is 19.7. The minimum absolute atomic E-state index is 0. The normalized spacial score (nSPS) is 11.2. The maximum atomic E-state index is 13.2. The number of hydrogen-bond acceptors (Lipinski definition) is 29. The van der Waals surface area contributed by atoms with E-state index in [-0.39, 0.29) is 178 Å². The smallest absolute Gasteiger partial charge is 0.333 e.